The average molecular weight is 457 g/mol. The van der Waals surface area contributed by atoms with E-state index in [0.29, 0.717) is 0 Å². The molecule has 0 radical (unpaired) electrons. The molecule has 2 nitrogen and oxygen atoms in total. The van der Waals surface area contributed by atoms with Crippen LogP contribution in [0.3, 0.4) is 0 Å². The van der Waals surface area contributed by atoms with Gasteiger partial charge in [0.1, 0.15) is 0 Å². The van der Waals surface area contributed by atoms with E-state index >= 15 is 0 Å². The lowest BCUT2D eigenvalue weighted by Gasteiger charge is -2.36. The zero-order valence-electron chi connectivity index (χ0n) is 20.6. The molecule has 2 heteroatoms. The van der Waals surface area contributed by atoms with Gasteiger partial charge in [-0.1, -0.05) is 93.8 Å². The maximum absolute atomic E-state index is 6.85. The van der Waals surface area contributed by atoms with Crippen molar-refractivity contribution >= 4 is 11.4 Å². The van der Waals surface area contributed by atoms with Gasteiger partial charge in [0.2, 0.25) is 0 Å². The Labute approximate surface area is 208 Å². The summed E-state index contributed by atoms with van der Waals surface area (Å²) in [5, 5.41) is 1.89. The number of fused-ring (bicyclic) bond motifs is 8. The first-order valence-electron chi connectivity index (χ1n) is 13.0. The largest absolute Gasteiger partial charge is 0.280 e. The van der Waals surface area contributed by atoms with Crippen LogP contribution in [-0.2, 0) is 10.8 Å². The minimum atomic E-state index is -0.0332. The van der Waals surface area contributed by atoms with Crippen molar-refractivity contribution in [3.8, 4) is 22.3 Å². The van der Waals surface area contributed by atoms with Gasteiger partial charge >= 0.3 is 0 Å². The Morgan fingerprint density at radius 3 is 1.77 bits per heavy atom. The SMILES string of the molecule is CC1(C)c2ccccc2-c2ccc(N(N)c3ccc4c(c3)C3(CCCCC3)c3ccccc3-4)cc21. The van der Waals surface area contributed by atoms with Gasteiger partial charge in [-0.25, -0.2) is 5.84 Å². The lowest BCUT2D eigenvalue weighted by atomic mass is 9.68. The molecule has 174 valence electrons. The summed E-state index contributed by atoms with van der Waals surface area (Å²) in [7, 11) is 0. The van der Waals surface area contributed by atoms with Crippen molar-refractivity contribution in [1.82, 2.24) is 0 Å². The van der Waals surface area contributed by atoms with Crippen LogP contribution >= 0.6 is 0 Å². The van der Waals surface area contributed by atoms with E-state index in [-0.39, 0.29) is 10.8 Å². The van der Waals surface area contributed by atoms with Crippen LogP contribution in [0.4, 0.5) is 11.4 Å². The van der Waals surface area contributed by atoms with Crippen molar-refractivity contribution in [3.05, 3.63) is 107 Å². The van der Waals surface area contributed by atoms with E-state index < -0.39 is 0 Å². The Morgan fingerprint density at radius 2 is 1.09 bits per heavy atom. The zero-order chi connectivity index (χ0) is 23.8. The maximum Gasteiger partial charge on any atom is 0.0578 e. The highest BCUT2D eigenvalue weighted by Gasteiger charge is 2.43. The topological polar surface area (TPSA) is 29.3 Å². The molecule has 35 heavy (non-hydrogen) atoms. The Morgan fingerprint density at radius 1 is 0.571 bits per heavy atom. The van der Waals surface area contributed by atoms with E-state index in [9.17, 15) is 0 Å². The molecule has 1 spiro atoms. The molecule has 2 N–H and O–H groups in total. The lowest BCUT2D eigenvalue weighted by Crippen LogP contribution is -2.29. The Hall–Kier alpha value is -3.36. The van der Waals surface area contributed by atoms with Crippen molar-refractivity contribution in [1.29, 1.82) is 0 Å². The van der Waals surface area contributed by atoms with E-state index in [4.69, 9.17) is 5.84 Å². The Kier molecular flexibility index (Phi) is 4.39. The fourth-order valence-corrected chi connectivity index (χ4v) is 7.28. The molecule has 0 amide bonds. The summed E-state index contributed by atoms with van der Waals surface area (Å²) in [4.78, 5) is 0. The maximum atomic E-state index is 6.85. The van der Waals surface area contributed by atoms with Gasteiger partial charge in [-0.2, -0.15) is 0 Å². The van der Waals surface area contributed by atoms with Crippen LogP contribution in [0.5, 0.6) is 0 Å². The van der Waals surface area contributed by atoms with Crippen molar-refractivity contribution in [2.75, 3.05) is 5.01 Å². The van der Waals surface area contributed by atoms with Crippen LogP contribution in [-0.4, -0.2) is 0 Å². The third-order valence-electron chi connectivity index (χ3n) is 9.08. The highest BCUT2D eigenvalue weighted by Crippen LogP contribution is 2.56. The summed E-state index contributed by atoms with van der Waals surface area (Å²) in [6, 6.07) is 31.5. The van der Waals surface area contributed by atoms with Gasteiger partial charge in [0.15, 0.2) is 0 Å². The van der Waals surface area contributed by atoms with Gasteiger partial charge in [-0.15, -0.1) is 0 Å². The third kappa shape index (κ3) is 2.81. The van der Waals surface area contributed by atoms with E-state index in [2.05, 4.69) is 98.8 Å². The van der Waals surface area contributed by atoms with Gasteiger partial charge in [0.25, 0.3) is 0 Å². The summed E-state index contributed by atoms with van der Waals surface area (Å²) in [6.45, 7) is 4.64. The second-order valence-electron chi connectivity index (χ2n) is 11.2. The molecule has 0 atom stereocenters. The summed E-state index contributed by atoms with van der Waals surface area (Å²) in [6.07, 6.45) is 6.40. The number of nitrogens with zero attached hydrogens (tertiary/aromatic N) is 1. The fourth-order valence-electron chi connectivity index (χ4n) is 7.28. The van der Waals surface area contributed by atoms with Crippen molar-refractivity contribution < 1.29 is 0 Å². The molecule has 0 aliphatic heterocycles. The van der Waals surface area contributed by atoms with E-state index in [1.807, 2.05) is 5.01 Å². The molecule has 7 rings (SSSR count). The molecule has 0 unspecified atom stereocenters. The third-order valence-corrected chi connectivity index (χ3v) is 9.08. The molecule has 4 aromatic rings. The summed E-state index contributed by atoms with van der Waals surface area (Å²) >= 11 is 0. The smallest absolute Gasteiger partial charge is 0.0578 e. The molecular weight excluding hydrogens is 424 g/mol. The Bertz CT molecular complexity index is 1470. The lowest BCUT2D eigenvalue weighted by molar-refractivity contribution is 0.353. The predicted octanol–water partition coefficient (Wildman–Crippen LogP) is 8.24. The number of rotatable bonds is 2. The number of hydrogen-bond acceptors (Lipinski definition) is 2. The zero-order valence-corrected chi connectivity index (χ0v) is 20.6. The van der Waals surface area contributed by atoms with Gasteiger partial charge in [0.05, 0.1) is 11.4 Å². The average Bonchev–Trinajstić information content (AvgIpc) is 3.30. The Balaban J connectivity index is 1.32. The first-order chi connectivity index (χ1) is 17.0. The minimum Gasteiger partial charge on any atom is -0.280 e. The number of hydrogen-bond donors (Lipinski definition) is 1. The molecule has 3 aliphatic rings. The first kappa shape index (κ1) is 21.0. The highest BCUT2D eigenvalue weighted by atomic mass is 15.4. The quantitative estimate of drug-likeness (QED) is 0.243. The van der Waals surface area contributed by atoms with Gasteiger partial charge in [-0.3, -0.25) is 5.01 Å². The molecule has 4 aromatic carbocycles. The second-order valence-corrected chi connectivity index (χ2v) is 11.2. The molecule has 0 saturated heterocycles. The monoisotopic (exact) mass is 456 g/mol. The standard InChI is InChI=1S/C33H32N2/c1-32(2)28-12-6-4-10-24(28)26-16-14-22(20-30(26)32)35(34)23-15-17-27-25-11-5-7-13-29(25)33(31(27)21-23)18-8-3-9-19-33/h4-7,10-17,20-21H,3,8-9,18-19,34H2,1-2H3. The fraction of sp³-hybridized carbons (Fsp3) is 0.273. The summed E-state index contributed by atoms with van der Waals surface area (Å²) in [5.74, 6) is 6.85. The van der Waals surface area contributed by atoms with Crippen LogP contribution in [0, 0.1) is 0 Å². The minimum absolute atomic E-state index is 0.0332. The summed E-state index contributed by atoms with van der Waals surface area (Å²) < 4.78 is 0. The van der Waals surface area contributed by atoms with Gasteiger partial charge in [0, 0.05) is 10.8 Å². The van der Waals surface area contributed by atoms with Crippen LogP contribution in [0.15, 0.2) is 84.9 Å². The normalized spacial score (nSPS) is 18.0. The van der Waals surface area contributed by atoms with Crippen molar-refractivity contribution in [2.24, 2.45) is 5.84 Å². The van der Waals surface area contributed by atoms with Crippen molar-refractivity contribution in [3.63, 3.8) is 0 Å². The van der Waals surface area contributed by atoms with Crippen LogP contribution < -0.4 is 10.9 Å². The van der Waals surface area contributed by atoms with Crippen LogP contribution in [0.1, 0.15) is 68.2 Å². The van der Waals surface area contributed by atoms with Crippen molar-refractivity contribution in [2.45, 2.75) is 56.8 Å². The highest BCUT2D eigenvalue weighted by molar-refractivity contribution is 5.85. The summed E-state index contributed by atoms with van der Waals surface area (Å²) in [5.41, 5.74) is 13.4. The van der Waals surface area contributed by atoms with Gasteiger partial charge < -0.3 is 0 Å². The first-order valence-corrected chi connectivity index (χ1v) is 13.0. The van der Waals surface area contributed by atoms with E-state index in [0.717, 1.165) is 11.4 Å². The molecule has 0 aromatic heterocycles. The van der Waals surface area contributed by atoms with Crippen LogP contribution in [0.2, 0.25) is 0 Å². The number of nitrogens with two attached hydrogens (primary N) is 1. The molecule has 0 bridgehead atoms. The number of benzene rings is 4. The number of hydrazine groups is 1. The van der Waals surface area contributed by atoms with Crippen LogP contribution in [0.25, 0.3) is 22.3 Å². The number of anilines is 2. The molecular formula is C33H32N2. The molecule has 0 heterocycles. The molecule has 1 saturated carbocycles. The molecule has 3 aliphatic carbocycles. The van der Waals surface area contributed by atoms with Gasteiger partial charge in [-0.05, 0) is 81.6 Å². The van der Waals surface area contributed by atoms with E-state index in [1.165, 1.54) is 76.6 Å². The second kappa shape index (κ2) is 7.32. The van der Waals surface area contributed by atoms with E-state index in [1.54, 1.807) is 0 Å². The molecule has 1 fully saturated rings. The predicted molar refractivity (Wildman–Crippen MR) is 146 cm³/mol.